The zero-order chi connectivity index (χ0) is 18.4. The molecule has 1 heterocycles. The summed E-state index contributed by atoms with van der Waals surface area (Å²) in [5.41, 5.74) is 2.81. The predicted molar refractivity (Wildman–Crippen MR) is 89.6 cm³/mol. The summed E-state index contributed by atoms with van der Waals surface area (Å²) in [6.07, 6.45) is -3.66. The third-order valence-electron chi connectivity index (χ3n) is 3.33. The number of nitrogens with one attached hydrogen (secondary N) is 2. The highest BCUT2D eigenvalue weighted by Crippen LogP contribution is 2.32. The van der Waals surface area contributed by atoms with Crippen molar-refractivity contribution in [3.63, 3.8) is 0 Å². The smallest absolute Gasteiger partial charge is 0.332 e. The van der Waals surface area contributed by atoms with E-state index < -0.39 is 17.8 Å². The number of hydrogen-bond acceptors (Lipinski definition) is 5. The van der Waals surface area contributed by atoms with Gasteiger partial charge in [-0.05, 0) is 31.0 Å². The Bertz CT molecular complexity index is 701. The summed E-state index contributed by atoms with van der Waals surface area (Å²) in [7, 11) is 0. The lowest BCUT2D eigenvalue weighted by atomic mass is 10.0. The first-order chi connectivity index (χ1) is 11.8. The number of halogens is 3. The number of hydroxylamine groups is 1. The molecule has 1 atom stereocenters. The number of anilines is 2. The molecule has 0 bridgehead atoms. The molecule has 2 rings (SSSR count). The van der Waals surface area contributed by atoms with Gasteiger partial charge in [-0.2, -0.15) is 13.2 Å². The maximum absolute atomic E-state index is 12.5. The molecule has 2 aromatic rings. The quantitative estimate of drug-likeness (QED) is 0.555. The average molecular weight is 373 g/mol. The summed E-state index contributed by atoms with van der Waals surface area (Å²) in [5.74, 6) is -0.675. The minimum Gasteiger partial charge on any atom is -0.332 e. The molecule has 0 aliphatic heterocycles. The van der Waals surface area contributed by atoms with Crippen LogP contribution in [0.15, 0.2) is 29.6 Å². The van der Waals surface area contributed by atoms with Crippen LogP contribution in [0.3, 0.4) is 0 Å². The van der Waals surface area contributed by atoms with Gasteiger partial charge < -0.3 is 5.32 Å². The third-order valence-corrected chi connectivity index (χ3v) is 4.09. The molecular formula is C16H18F3N3O2S. The van der Waals surface area contributed by atoms with E-state index in [4.69, 9.17) is 4.84 Å². The van der Waals surface area contributed by atoms with Gasteiger partial charge in [0, 0.05) is 11.1 Å². The highest BCUT2D eigenvalue weighted by atomic mass is 32.1. The Morgan fingerprint density at radius 2 is 2.00 bits per heavy atom. The summed E-state index contributed by atoms with van der Waals surface area (Å²) in [6.45, 7) is 4.11. The highest BCUT2D eigenvalue weighted by Gasteiger charge is 2.33. The molecule has 0 radical (unpaired) electrons. The topological polar surface area (TPSA) is 63.2 Å². The van der Waals surface area contributed by atoms with Crippen LogP contribution >= 0.6 is 11.3 Å². The van der Waals surface area contributed by atoms with E-state index in [1.54, 1.807) is 31.2 Å². The molecule has 0 spiro atoms. The lowest BCUT2D eigenvalue weighted by Crippen LogP contribution is -2.28. The first kappa shape index (κ1) is 19.2. The van der Waals surface area contributed by atoms with Gasteiger partial charge in [0.1, 0.15) is 0 Å². The Labute approximate surface area is 147 Å². The summed E-state index contributed by atoms with van der Waals surface area (Å²) >= 11 is 0.875. The lowest BCUT2D eigenvalue weighted by molar-refractivity contribution is -0.140. The van der Waals surface area contributed by atoms with Crippen molar-refractivity contribution >= 4 is 28.1 Å². The number of alkyl halides is 3. The number of hydrogen-bond donors (Lipinski definition) is 2. The second-order valence-electron chi connectivity index (χ2n) is 5.32. The van der Waals surface area contributed by atoms with Crippen molar-refractivity contribution in [1.82, 2.24) is 10.5 Å². The maximum atomic E-state index is 12.5. The van der Waals surface area contributed by atoms with Crippen LogP contribution in [-0.4, -0.2) is 17.5 Å². The van der Waals surface area contributed by atoms with E-state index in [1.807, 2.05) is 6.92 Å². The first-order valence-electron chi connectivity index (χ1n) is 7.62. The number of amides is 1. The largest absolute Gasteiger partial charge is 0.434 e. The Morgan fingerprint density at radius 3 is 2.56 bits per heavy atom. The fourth-order valence-corrected chi connectivity index (χ4v) is 2.64. The van der Waals surface area contributed by atoms with Crippen molar-refractivity contribution in [3.05, 3.63) is 40.9 Å². The summed E-state index contributed by atoms with van der Waals surface area (Å²) in [4.78, 5) is 20.4. The van der Waals surface area contributed by atoms with E-state index in [1.165, 1.54) is 0 Å². The Hall–Kier alpha value is -2.13. The van der Waals surface area contributed by atoms with E-state index in [-0.39, 0.29) is 11.0 Å². The molecule has 2 N–H and O–H groups in total. The molecule has 1 amide bonds. The number of carbonyl (C=O) groups excluding carboxylic acids is 1. The minimum atomic E-state index is -4.46. The van der Waals surface area contributed by atoms with Crippen molar-refractivity contribution in [2.45, 2.75) is 32.4 Å². The number of rotatable bonds is 7. The fraction of sp³-hybridized carbons (Fsp3) is 0.375. The molecular weight excluding hydrogens is 355 g/mol. The van der Waals surface area contributed by atoms with Crippen molar-refractivity contribution in [2.75, 3.05) is 11.9 Å². The second-order valence-corrected chi connectivity index (χ2v) is 6.18. The molecule has 0 aliphatic carbocycles. The molecule has 136 valence electrons. The van der Waals surface area contributed by atoms with Crippen molar-refractivity contribution in [2.24, 2.45) is 0 Å². The molecule has 0 aliphatic rings. The van der Waals surface area contributed by atoms with Crippen LogP contribution in [0.1, 0.15) is 37.4 Å². The maximum Gasteiger partial charge on any atom is 0.434 e. The van der Waals surface area contributed by atoms with Crippen molar-refractivity contribution in [1.29, 1.82) is 0 Å². The summed E-state index contributed by atoms with van der Waals surface area (Å²) < 4.78 is 37.6. The minimum absolute atomic E-state index is 0.152. The SMILES string of the molecule is CCCONC(=O)[C@@H](C)c1ccc(Nc2nc(C(F)(F)F)cs2)cc1. The van der Waals surface area contributed by atoms with Gasteiger partial charge >= 0.3 is 6.18 Å². The van der Waals surface area contributed by atoms with Crippen molar-refractivity contribution in [3.8, 4) is 0 Å². The molecule has 1 aromatic heterocycles. The summed E-state index contributed by atoms with van der Waals surface area (Å²) in [6, 6.07) is 6.82. The van der Waals surface area contributed by atoms with Gasteiger partial charge in [0.25, 0.3) is 5.91 Å². The van der Waals surface area contributed by atoms with Crippen LogP contribution in [0.4, 0.5) is 24.0 Å². The van der Waals surface area contributed by atoms with Crippen LogP contribution in [0, 0.1) is 0 Å². The van der Waals surface area contributed by atoms with Gasteiger partial charge in [0.15, 0.2) is 10.8 Å². The molecule has 0 unspecified atom stereocenters. The van der Waals surface area contributed by atoms with Crippen LogP contribution in [-0.2, 0) is 15.8 Å². The number of carbonyl (C=O) groups is 1. The Balaban J connectivity index is 1.97. The Kier molecular flexibility index (Phi) is 6.38. The number of benzene rings is 1. The average Bonchev–Trinajstić information content (AvgIpc) is 3.04. The Morgan fingerprint density at radius 1 is 1.32 bits per heavy atom. The monoisotopic (exact) mass is 373 g/mol. The van der Waals surface area contributed by atoms with E-state index in [0.29, 0.717) is 12.3 Å². The zero-order valence-corrected chi connectivity index (χ0v) is 14.5. The van der Waals surface area contributed by atoms with E-state index in [0.717, 1.165) is 28.7 Å². The molecule has 0 saturated carbocycles. The van der Waals surface area contributed by atoms with Gasteiger partial charge in [0.05, 0.1) is 12.5 Å². The molecule has 0 saturated heterocycles. The highest BCUT2D eigenvalue weighted by molar-refractivity contribution is 7.13. The van der Waals surface area contributed by atoms with Crippen LogP contribution in [0.25, 0.3) is 0 Å². The lowest BCUT2D eigenvalue weighted by Gasteiger charge is -2.13. The molecule has 5 nitrogen and oxygen atoms in total. The summed E-state index contributed by atoms with van der Waals surface area (Å²) in [5, 5.41) is 3.93. The number of aromatic nitrogens is 1. The molecule has 9 heteroatoms. The molecule has 0 fully saturated rings. The van der Waals surface area contributed by atoms with Gasteiger partial charge in [-0.25, -0.2) is 10.5 Å². The number of thiazole rings is 1. The van der Waals surface area contributed by atoms with E-state index in [9.17, 15) is 18.0 Å². The predicted octanol–water partition coefficient (Wildman–Crippen LogP) is 4.47. The van der Waals surface area contributed by atoms with Crippen LogP contribution in [0.2, 0.25) is 0 Å². The van der Waals surface area contributed by atoms with Gasteiger partial charge in [-0.1, -0.05) is 19.1 Å². The molecule has 25 heavy (non-hydrogen) atoms. The number of nitrogens with zero attached hydrogens (tertiary/aromatic N) is 1. The van der Waals surface area contributed by atoms with Gasteiger partial charge in [0.2, 0.25) is 0 Å². The zero-order valence-electron chi connectivity index (χ0n) is 13.7. The van der Waals surface area contributed by atoms with E-state index in [2.05, 4.69) is 15.8 Å². The van der Waals surface area contributed by atoms with E-state index >= 15 is 0 Å². The van der Waals surface area contributed by atoms with Gasteiger partial charge in [-0.15, -0.1) is 11.3 Å². The van der Waals surface area contributed by atoms with Crippen LogP contribution in [0.5, 0.6) is 0 Å². The standard InChI is InChI=1S/C16H18F3N3O2S/c1-3-8-24-22-14(23)10(2)11-4-6-12(7-5-11)20-15-21-13(9-25-15)16(17,18)19/h4-7,9-10H,3,8H2,1-2H3,(H,20,21)(H,22,23)/t10-/m0/s1. The third kappa shape index (κ3) is 5.43. The van der Waals surface area contributed by atoms with Crippen molar-refractivity contribution < 1.29 is 22.8 Å². The van der Waals surface area contributed by atoms with Crippen LogP contribution < -0.4 is 10.8 Å². The second kappa shape index (κ2) is 8.30. The normalized spacial score (nSPS) is 12.7. The van der Waals surface area contributed by atoms with Gasteiger partial charge in [-0.3, -0.25) is 9.63 Å². The first-order valence-corrected chi connectivity index (χ1v) is 8.50. The molecule has 1 aromatic carbocycles. The fourth-order valence-electron chi connectivity index (χ4n) is 1.90.